The van der Waals surface area contributed by atoms with Gasteiger partial charge in [-0.2, -0.15) is 5.10 Å². The fraction of sp³-hybridized carbons (Fsp3) is 0.522. The summed E-state index contributed by atoms with van der Waals surface area (Å²) in [6, 6.07) is 10.2. The van der Waals surface area contributed by atoms with Crippen LogP contribution in [0.2, 0.25) is 0 Å². The second kappa shape index (κ2) is 8.91. The smallest absolute Gasteiger partial charge is 0.168 e. The van der Waals surface area contributed by atoms with Gasteiger partial charge in [0.1, 0.15) is 11.6 Å². The normalized spacial score (nSPS) is 15.5. The van der Waals surface area contributed by atoms with E-state index in [0.29, 0.717) is 0 Å². The van der Waals surface area contributed by atoms with E-state index in [1.165, 1.54) is 13.0 Å². The van der Waals surface area contributed by atoms with Crippen LogP contribution in [-0.4, -0.2) is 57.4 Å². The molecule has 0 amide bonds. The molecule has 0 aliphatic carbocycles. The first-order chi connectivity index (χ1) is 14.2. The van der Waals surface area contributed by atoms with Crippen molar-refractivity contribution in [1.29, 1.82) is 0 Å². The molecule has 4 rings (SSSR count). The summed E-state index contributed by atoms with van der Waals surface area (Å²) >= 11 is 0. The van der Waals surface area contributed by atoms with Crippen LogP contribution in [0.1, 0.15) is 39.4 Å². The van der Waals surface area contributed by atoms with Crippen LogP contribution < -0.4 is 4.90 Å². The average molecular weight is 393 g/mol. The molecule has 2 aromatic heterocycles. The highest BCUT2D eigenvalue weighted by Gasteiger charge is 2.22. The molecule has 6 heteroatoms. The highest BCUT2D eigenvalue weighted by atomic mass is 15.3. The molecule has 1 saturated heterocycles. The predicted octanol–water partition coefficient (Wildman–Crippen LogP) is 3.94. The van der Waals surface area contributed by atoms with Gasteiger partial charge in [-0.1, -0.05) is 39.0 Å². The van der Waals surface area contributed by atoms with Gasteiger partial charge in [-0.05, 0) is 37.4 Å². The van der Waals surface area contributed by atoms with Gasteiger partial charge in [0, 0.05) is 32.6 Å². The molecule has 3 aromatic rings. The lowest BCUT2D eigenvalue weighted by atomic mass is 10.1. The van der Waals surface area contributed by atoms with E-state index in [4.69, 9.17) is 9.97 Å². The Hall–Kier alpha value is -2.47. The average Bonchev–Trinajstić information content (AvgIpc) is 3.17. The van der Waals surface area contributed by atoms with Crippen molar-refractivity contribution in [1.82, 2.24) is 24.6 Å². The van der Waals surface area contributed by atoms with E-state index < -0.39 is 0 Å². The molecule has 0 atom stereocenters. The van der Waals surface area contributed by atoms with Crippen LogP contribution in [0.15, 0.2) is 36.5 Å². The number of hydrogen-bond acceptors (Lipinski definition) is 5. The Labute approximate surface area is 173 Å². The highest BCUT2D eigenvalue weighted by Crippen LogP contribution is 2.27. The van der Waals surface area contributed by atoms with E-state index in [2.05, 4.69) is 47.8 Å². The quantitative estimate of drug-likeness (QED) is 0.610. The fourth-order valence-electron chi connectivity index (χ4n) is 3.90. The molecule has 154 valence electrons. The van der Waals surface area contributed by atoms with Gasteiger partial charge in [-0.25, -0.2) is 14.6 Å². The molecule has 1 aliphatic heterocycles. The summed E-state index contributed by atoms with van der Waals surface area (Å²) in [6.07, 6.45) is 5.12. The van der Waals surface area contributed by atoms with Crippen molar-refractivity contribution in [3.8, 4) is 5.69 Å². The number of aromatic nitrogens is 4. The molecular weight excluding hydrogens is 360 g/mol. The first-order valence-electron chi connectivity index (χ1n) is 10.9. The third-order valence-corrected chi connectivity index (χ3v) is 5.62. The molecule has 0 N–H and O–H groups in total. The van der Waals surface area contributed by atoms with E-state index in [1.807, 2.05) is 29.1 Å². The van der Waals surface area contributed by atoms with Crippen LogP contribution in [0.3, 0.4) is 0 Å². The van der Waals surface area contributed by atoms with Gasteiger partial charge in [0.05, 0.1) is 17.3 Å². The van der Waals surface area contributed by atoms with Crippen LogP contribution in [-0.2, 0) is 6.42 Å². The Morgan fingerprint density at radius 3 is 2.45 bits per heavy atom. The molecule has 3 heterocycles. The number of para-hydroxylation sites is 1. The van der Waals surface area contributed by atoms with Gasteiger partial charge in [0.25, 0.3) is 0 Å². The summed E-state index contributed by atoms with van der Waals surface area (Å²) in [4.78, 5) is 14.8. The Kier molecular flexibility index (Phi) is 6.09. The van der Waals surface area contributed by atoms with Gasteiger partial charge < -0.3 is 4.90 Å². The zero-order chi connectivity index (χ0) is 20.2. The molecule has 1 fully saturated rings. The number of benzene rings is 1. The lowest BCUT2D eigenvalue weighted by Gasteiger charge is -2.36. The monoisotopic (exact) mass is 392 g/mol. The molecule has 0 spiro atoms. The summed E-state index contributed by atoms with van der Waals surface area (Å²) in [6.45, 7) is 12.2. The van der Waals surface area contributed by atoms with Crippen molar-refractivity contribution in [3.05, 3.63) is 42.4 Å². The number of rotatable bonds is 7. The standard InChI is InChI=1S/C23H32N6/c1-4-8-21-25-22(28-15-13-27(14-16-28)12-11-18(2)3)20-17-24-29(23(20)26-21)19-9-6-5-7-10-19/h5-7,9-10,17-18H,4,8,11-16H2,1-3H3. The lowest BCUT2D eigenvalue weighted by molar-refractivity contribution is 0.243. The van der Waals surface area contributed by atoms with Crippen molar-refractivity contribution in [2.75, 3.05) is 37.6 Å². The second-order valence-electron chi connectivity index (χ2n) is 8.35. The first kappa shape index (κ1) is 19.8. The van der Waals surface area contributed by atoms with Crippen LogP contribution in [0.25, 0.3) is 16.7 Å². The Morgan fingerprint density at radius 2 is 1.76 bits per heavy atom. The molecule has 1 aromatic carbocycles. The topological polar surface area (TPSA) is 50.1 Å². The van der Waals surface area contributed by atoms with E-state index >= 15 is 0 Å². The molecule has 0 saturated carbocycles. The molecular formula is C23H32N6. The Morgan fingerprint density at radius 1 is 1.00 bits per heavy atom. The number of hydrogen-bond donors (Lipinski definition) is 0. The van der Waals surface area contributed by atoms with E-state index in [-0.39, 0.29) is 0 Å². The van der Waals surface area contributed by atoms with Gasteiger partial charge >= 0.3 is 0 Å². The van der Waals surface area contributed by atoms with Gasteiger partial charge in [-0.15, -0.1) is 0 Å². The molecule has 6 nitrogen and oxygen atoms in total. The number of piperazine rings is 1. The predicted molar refractivity (Wildman–Crippen MR) is 119 cm³/mol. The van der Waals surface area contributed by atoms with Crippen LogP contribution in [0.4, 0.5) is 5.82 Å². The maximum absolute atomic E-state index is 4.96. The van der Waals surface area contributed by atoms with E-state index in [0.717, 1.165) is 73.3 Å². The molecule has 29 heavy (non-hydrogen) atoms. The number of anilines is 1. The van der Waals surface area contributed by atoms with Gasteiger partial charge in [0.15, 0.2) is 5.65 Å². The van der Waals surface area contributed by atoms with Crippen molar-refractivity contribution >= 4 is 16.9 Å². The first-order valence-corrected chi connectivity index (χ1v) is 10.9. The third kappa shape index (κ3) is 4.42. The minimum absolute atomic E-state index is 0.759. The van der Waals surface area contributed by atoms with Crippen LogP contribution in [0, 0.1) is 5.92 Å². The van der Waals surface area contributed by atoms with Crippen LogP contribution in [0.5, 0.6) is 0 Å². The van der Waals surface area contributed by atoms with Gasteiger partial charge in [0.2, 0.25) is 0 Å². The third-order valence-electron chi connectivity index (χ3n) is 5.62. The van der Waals surface area contributed by atoms with Crippen LogP contribution >= 0.6 is 0 Å². The van der Waals surface area contributed by atoms with Crippen molar-refractivity contribution in [2.24, 2.45) is 5.92 Å². The molecule has 0 radical (unpaired) electrons. The number of fused-ring (bicyclic) bond motifs is 1. The largest absolute Gasteiger partial charge is 0.353 e. The minimum Gasteiger partial charge on any atom is -0.353 e. The maximum atomic E-state index is 4.96. The number of nitrogens with zero attached hydrogens (tertiary/aromatic N) is 6. The molecule has 0 unspecified atom stereocenters. The summed E-state index contributed by atoms with van der Waals surface area (Å²) in [5.41, 5.74) is 1.94. The second-order valence-corrected chi connectivity index (χ2v) is 8.35. The summed E-state index contributed by atoms with van der Waals surface area (Å²) < 4.78 is 1.94. The fourth-order valence-corrected chi connectivity index (χ4v) is 3.90. The summed E-state index contributed by atoms with van der Waals surface area (Å²) in [7, 11) is 0. The SMILES string of the molecule is CCCc1nc(N2CCN(CCC(C)C)CC2)c2cnn(-c3ccccc3)c2n1. The lowest BCUT2D eigenvalue weighted by Crippen LogP contribution is -2.47. The summed E-state index contributed by atoms with van der Waals surface area (Å²) in [5, 5.41) is 5.71. The van der Waals surface area contributed by atoms with Crippen molar-refractivity contribution < 1.29 is 0 Å². The van der Waals surface area contributed by atoms with Crippen molar-refractivity contribution in [3.63, 3.8) is 0 Å². The highest BCUT2D eigenvalue weighted by molar-refractivity contribution is 5.88. The Bertz CT molecular complexity index is 925. The zero-order valence-corrected chi connectivity index (χ0v) is 17.9. The number of aryl methyl sites for hydroxylation is 1. The summed E-state index contributed by atoms with van der Waals surface area (Å²) in [5.74, 6) is 2.72. The van der Waals surface area contributed by atoms with E-state index in [1.54, 1.807) is 0 Å². The zero-order valence-electron chi connectivity index (χ0n) is 17.9. The van der Waals surface area contributed by atoms with Crippen molar-refractivity contribution in [2.45, 2.75) is 40.0 Å². The molecule has 1 aliphatic rings. The van der Waals surface area contributed by atoms with Gasteiger partial charge in [-0.3, -0.25) is 4.90 Å². The maximum Gasteiger partial charge on any atom is 0.168 e. The Balaban J connectivity index is 1.63. The minimum atomic E-state index is 0.759. The van der Waals surface area contributed by atoms with E-state index in [9.17, 15) is 0 Å². The molecule has 0 bridgehead atoms.